The lowest BCUT2D eigenvalue weighted by Crippen LogP contribution is -2.40. The maximum absolute atomic E-state index is 5.88. The second-order valence-electron chi connectivity index (χ2n) is 5.59. The summed E-state index contributed by atoms with van der Waals surface area (Å²) in [5.74, 6) is 2.33. The molecule has 0 bridgehead atoms. The van der Waals surface area contributed by atoms with Crippen molar-refractivity contribution in [2.24, 2.45) is 0 Å². The molecule has 1 saturated heterocycles. The molecular formula is C14H20N6. The molecule has 1 unspecified atom stereocenters. The Morgan fingerprint density at radius 3 is 3.00 bits per heavy atom. The van der Waals surface area contributed by atoms with Gasteiger partial charge in [0.15, 0.2) is 5.82 Å². The van der Waals surface area contributed by atoms with Gasteiger partial charge in [-0.1, -0.05) is 0 Å². The summed E-state index contributed by atoms with van der Waals surface area (Å²) in [7, 11) is 0. The first-order chi connectivity index (χ1) is 9.58. The van der Waals surface area contributed by atoms with Crippen LogP contribution in [0.1, 0.15) is 37.1 Å². The number of rotatable bonds is 3. The fourth-order valence-corrected chi connectivity index (χ4v) is 2.92. The van der Waals surface area contributed by atoms with Crippen LogP contribution in [-0.4, -0.2) is 31.4 Å². The predicted octanol–water partition coefficient (Wildman–Crippen LogP) is 1.60. The standard InChI is InChI=1S/C14H20N6/c1-10-8-11(15)19-13(18-10)14(2)4-3-7-20(14)9-12-16-5-6-17-12/h5-6,8H,3-4,7,9H2,1-2H3,(H,16,17)(H2,15,18,19). The molecule has 3 rings (SSSR count). The van der Waals surface area contributed by atoms with Crippen molar-refractivity contribution in [3.8, 4) is 0 Å². The molecule has 0 aliphatic carbocycles. The highest BCUT2D eigenvalue weighted by Crippen LogP contribution is 2.37. The second-order valence-corrected chi connectivity index (χ2v) is 5.59. The van der Waals surface area contributed by atoms with E-state index in [2.05, 4.69) is 31.8 Å². The molecule has 6 nitrogen and oxygen atoms in total. The quantitative estimate of drug-likeness (QED) is 0.886. The van der Waals surface area contributed by atoms with Gasteiger partial charge in [0.05, 0.1) is 12.1 Å². The van der Waals surface area contributed by atoms with Crippen LogP contribution in [0.15, 0.2) is 18.5 Å². The summed E-state index contributed by atoms with van der Waals surface area (Å²) in [6, 6.07) is 1.80. The summed E-state index contributed by atoms with van der Waals surface area (Å²) >= 11 is 0. The van der Waals surface area contributed by atoms with Crippen LogP contribution < -0.4 is 5.73 Å². The van der Waals surface area contributed by atoms with E-state index in [1.165, 1.54) is 0 Å². The zero-order chi connectivity index (χ0) is 14.2. The first-order valence-corrected chi connectivity index (χ1v) is 6.93. The first-order valence-electron chi connectivity index (χ1n) is 6.93. The molecule has 106 valence electrons. The van der Waals surface area contributed by atoms with Gasteiger partial charge in [0.25, 0.3) is 0 Å². The third-order valence-electron chi connectivity index (χ3n) is 4.04. The van der Waals surface area contributed by atoms with Crippen LogP contribution in [0.5, 0.6) is 0 Å². The molecule has 0 aromatic carbocycles. The van der Waals surface area contributed by atoms with E-state index in [0.717, 1.165) is 43.3 Å². The molecule has 2 aromatic heterocycles. The van der Waals surface area contributed by atoms with Crippen molar-refractivity contribution in [3.63, 3.8) is 0 Å². The number of anilines is 1. The van der Waals surface area contributed by atoms with Crippen molar-refractivity contribution in [1.82, 2.24) is 24.8 Å². The highest BCUT2D eigenvalue weighted by Gasteiger charge is 2.41. The Labute approximate surface area is 118 Å². The number of imidazole rings is 1. The number of aryl methyl sites for hydroxylation is 1. The fraction of sp³-hybridized carbons (Fsp3) is 0.500. The van der Waals surface area contributed by atoms with Gasteiger partial charge in [-0.2, -0.15) is 0 Å². The Hall–Kier alpha value is -1.95. The Morgan fingerprint density at radius 2 is 2.30 bits per heavy atom. The van der Waals surface area contributed by atoms with Gasteiger partial charge in [-0.3, -0.25) is 4.90 Å². The zero-order valence-corrected chi connectivity index (χ0v) is 11.9. The number of nitrogens with two attached hydrogens (primary N) is 1. The number of nitrogen functional groups attached to an aromatic ring is 1. The lowest BCUT2D eigenvalue weighted by atomic mass is 9.97. The molecule has 1 atom stereocenters. The number of nitrogens with one attached hydrogen (secondary N) is 1. The molecule has 20 heavy (non-hydrogen) atoms. The van der Waals surface area contributed by atoms with Crippen LogP contribution in [0.2, 0.25) is 0 Å². The van der Waals surface area contributed by atoms with Crippen LogP contribution in [0.3, 0.4) is 0 Å². The van der Waals surface area contributed by atoms with E-state index in [0.29, 0.717) is 5.82 Å². The zero-order valence-electron chi connectivity index (χ0n) is 11.9. The van der Waals surface area contributed by atoms with Gasteiger partial charge in [0.2, 0.25) is 0 Å². The third-order valence-corrected chi connectivity index (χ3v) is 4.04. The van der Waals surface area contributed by atoms with Crippen molar-refractivity contribution in [3.05, 3.63) is 35.8 Å². The molecular weight excluding hydrogens is 252 g/mol. The Bertz CT molecular complexity index is 573. The van der Waals surface area contributed by atoms with Crippen LogP contribution in [0.4, 0.5) is 5.82 Å². The Balaban J connectivity index is 1.92. The number of H-pyrrole nitrogens is 1. The summed E-state index contributed by atoms with van der Waals surface area (Å²) < 4.78 is 0. The van der Waals surface area contributed by atoms with Crippen LogP contribution in [0, 0.1) is 6.92 Å². The van der Waals surface area contributed by atoms with Gasteiger partial charge in [-0.05, 0) is 33.2 Å². The van der Waals surface area contributed by atoms with Crippen molar-refractivity contribution in [2.45, 2.75) is 38.8 Å². The maximum Gasteiger partial charge on any atom is 0.150 e. The molecule has 0 saturated carbocycles. The normalized spacial score (nSPS) is 23.3. The fourth-order valence-electron chi connectivity index (χ4n) is 2.92. The molecule has 0 spiro atoms. The molecule has 3 N–H and O–H groups in total. The summed E-state index contributed by atoms with van der Waals surface area (Å²) in [4.78, 5) is 18.9. The van der Waals surface area contributed by atoms with E-state index in [1.807, 2.05) is 13.1 Å². The van der Waals surface area contributed by atoms with Crippen molar-refractivity contribution in [1.29, 1.82) is 0 Å². The smallest absolute Gasteiger partial charge is 0.150 e. The lowest BCUT2D eigenvalue weighted by Gasteiger charge is -2.33. The highest BCUT2D eigenvalue weighted by molar-refractivity contribution is 5.31. The van der Waals surface area contributed by atoms with Crippen LogP contribution in [0.25, 0.3) is 0 Å². The van der Waals surface area contributed by atoms with Gasteiger partial charge in [-0.15, -0.1) is 0 Å². The lowest BCUT2D eigenvalue weighted by molar-refractivity contribution is 0.134. The topological polar surface area (TPSA) is 83.7 Å². The molecule has 0 amide bonds. The average molecular weight is 272 g/mol. The summed E-state index contributed by atoms with van der Waals surface area (Å²) in [6.45, 7) is 5.95. The van der Waals surface area contributed by atoms with Gasteiger partial charge in [-0.25, -0.2) is 15.0 Å². The molecule has 0 radical (unpaired) electrons. The van der Waals surface area contributed by atoms with Gasteiger partial charge in [0.1, 0.15) is 11.6 Å². The Morgan fingerprint density at radius 1 is 1.45 bits per heavy atom. The monoisotopic (exact) mass is 272 g/mol. The number of aromatic nitrogens is 4. The van der Waals surface area contributed by atoms with E-state index in [4.69, 9.17) is 5.73 Å². The van der Waals surface area contributed by atoms with E-state index in [1.54, 1.807) is 12.3 Å². The van der Waals surface area contributed by atoms with Crippen LogP contribution >= 0.6 is 0 Å². The molecule has 1 aliphatic heterocycles. The summed E-state index contributed by atoms with van der Waals surface area (Å²) in [6.07, 6.45) is 5.80. The molecule has 2 aromatic rings. The van der Waals surface area contributed by atoms with Gasteiger partial charge >= 0.3 is 0 Å². The highest BCUT2D eigenvalue weighted by atomic mass is 15.3. The summed E-state index contributed by atoms with van der Waals surface area (Å²) in [5.41, 5.74) is 6.62. The minimum absolute atomic E-state index is 0.174. The van der Waals surface area contributed by atoms with Gasteiger partial charge < -0.3 is 10.7 Å². The maximum atomic E-state index is 5.88. The molecule has 3 heterocycles. The van der Waals surface area contributed by atoms with Crippen molar-refractivity contribution < 1.29 is 0 Å². The van der Waals surface area contributed by atoms with Crippen LogP contribution in [-0.2, 0) is 12.1 Å². The SMILES string of the molecule is Cc1cc(N)nc(C2(C)CCCN2Cc2ncc[nH]2)n1. The second kappa shape index (κ2) is 4.86. The number of nitrogens with zero attached hydrogens (tertiary/aromatic N) is 4. The van der Waals surface area contributed by atoms with Crippen molar-refractivity contribution >= 4 is 5.82 Å². The molecule has 1 fully saturated rings. The number of hydrogen-bond donors (Lipinski definition) is 2. The largest absolute Gasteiger partial charge is 0.384 e. The van der Waals surface area contributed by atoms with E-state index in [9.17, 15) is 0 Å². The van der Waals surface area contributed by atoms with E-state index < -0.39 is 0 Å². The minimum Gasteiger partial charge on any atom is -0.384 e. The minimum atomic E-state index is -0.174. The average Bonchev–Trinajstić information content (AvgIpc) is 3.00. The predicted molar refractivity (Wildman–Crippen MR) is 76.8 cm³/mol. The first kappa shape index (κ1) is 13.1. The van der Waals surface area contributed by atoms with Crippen molar-refractivity contribution in [2.75, 3.05) is 12.3 Å². The number of likely N-dealkylation sites (tertiary alicyclic amines) is 1. The number of hydrogen-bond acceptors (Lipinski definition) is 5. The number of aromatic amines is 1. The summed E-state index contributed by atoms with van der Waals surface area (Å²) in [5, 5.41) is 0. The van der Waals surface area contributed by atoms with Gasteiger partial charge in [0, 0.05) is 24.2 Å². The molecule has 1 aliphatic rings. The Kier molecular flexibility index (Phi) is 3.17. The van der Waals surface area contributed by atoms with E-state index >= 15 is 0 Å². The third kappa shape index (κ3) is 2.27. The molecule has 6 heteroatoms. The van der Waals surface area contributed by atoms with E-state index in [-0.39, 0.29) is 5.54 Å².